The quantitative estimate of drug-likeness (QED) is 0.190. The molecule has 0 radical (unpaired) electrons. The molecule has 0 saturated heterocycles. The van der Waals surface area contributed by atoms with Crippen LogP contribution in [0.3, 0.4) is 0 Å². The van der Waals surface area contributed by atoms with E-state index in [1.807, 2.05) is 0 Å². The molecule has 7 aromatic rings. The van der Waals surface area contributed by atoms with Gasteiger partial charge in [0.15, 0.2) is 0 Å². The van der Waals surface area contributed by atoms with Crippen molar-refractivity contribution in [3.05, 3.63) is 180 Å². The summed E-state index contributed by atoms with van der Waals surface area (Å²) in [5.41, 5.74) is 16.8. The predicted octanol–water partition coefficient (Wildman–Crippen LogP) is 11.9. The van der Waals surface area contributed by atoms with Gasteiger partial charge in [-0.05, 0) is 107 Å². The maximum absolute atomic E-state index is 2.45. The molecule has 0 spiro atoms. The molecule has 9 rings (SSSR count). The highest BCUT2D eigenvalue weighted by molar-refractivity contribution is 5.99. The van der Waals surface area contributed by atoms with Crippen LogP contribution >= 0.6 is 0 Å². The lowest BCUT2D eigenvalue weighted by Gasteiger charge is -2.28. The largest absolute Gasteiger partial charge is 0.313 e. The topological polar surface area (TPSA) is 8.17 Å². The van der Waals surface area contributed by atoms with E-state index in [0.717, 1.165) is 24.2 Å². The molecule has 0 aliphatic heterocycles. The lowest BCUT2D eigenvalue weighted by molar-refractivity contribution is 0.660. The molecule has 2 aliphatic carbocycles. The Morgan fingerprint density at radius 2 is 1.19 bits per heavy atom. The van der Waals surface area contributed by atoms with E-state index in [9.17, 15) is 0 Å². The van der Waals surface area contributed by atoms with Gasteiger partial charge in [0.25, 0.3) is 0 Å². The van der Waals surface area contributed by atoms with Gasteiger partial charge in [0.05, 0.1) is 5.52 Å². The summed E-state index contributed by atoms with van der Waals surface area (Å²) in [5.74, 6) is 0. The molecular weight excluding hydrogens is 569 g/mol. The second-order valence-electron chi connectivity index (χ2n) is 13.3. The lowest BCUT2D eigenvalue weighted by atomic mass is 9.82. The van der Waals surface area contributed by atoms with E-state index in [-0.39, 0.29) is 5.41 Å². The molecule has 226 valence electrons. The van der Waals surface area contributed by atoms with Crippen LogP contribution in [0.4, 0.5) is 17.1 Å². The van der Waals surface area contributed by atoms with Gasteiger partial charge >= 0.3 is 0 Å². The zero-order valence-electron chi connectivity index (χ0n) is 26.8. The summed E-state index contributed by atoms with van der Waals surface area (Å²) >= 11 is 0. The Morgan fingerprint density at radius 3 is 2.00 bits per heavy atom. The Labute approximate surface area is 276 Å². The summed E-state index contributed by atoms with van der Waals surface area (Å²) in [4.78, 5) is 2.39. The predicted molar refractivity (Wildman–Crippen MR) is 198 cm³/mol. The van der Waals surface area contributed by atoms with Crippen molar-refractivity contribution in [1.82, 2.24) is 4.57 Å². The van der Waals surface area contributed by atoms with Crippen molar-refractivity contribution in [2.24, 2.45) is 0 Å². The van der Waals surface area contributed by atoms with Gasteiger partial charge in [-0.1, -0.05) is 111 Å². The number of para-hydroxylation sites is 3. The molecule has 0 N–H and O–H groups in total. The third-order valence-corrected chi connectivity index (χ3v) is 10.3. The number of fused-ring (bicyclic) bond motifs is 6. The second kappa shape index (κ2) is 10.7. The van der Waals surface area contributed by atoms with E-state index >= 15 is 0 Å². The molecule has 1 heterocycles. The Morgan fingerprint density at radius 1 is 0.553 bits per heavy atom. The Kier molecular flexibility index (Phi) is 6.33. The van der Waals surface area contributed by atoms with Crippen LogP contribution in [0.25, 0.3) is 39.4 Å². The Bertz CT molecular complexity index is 2300. The van der Waals surface area contributed by atoms with E-state index in [0.29, 0.717) is 0 Å². The molecule has 0 bridgehead atoms. The highest BCUT2D eigenvalue weighted by atomic mass is 15.1. The highest BCUT2D eigenvalue weighted by Crippen LogP contribution is 2.50. The molecule has 0 fully saturated rings. The first kappa shape index (κ1) is 27.7. The third kappa shape index (κ3) is 4.40. The number of allylic oxidation sites excluding steroid dienone is 1. The minimum absolute atomic E-state index is 0.0515. The summed E-state index contributed by atoms with van der Waals surface area (Å²) in [5, 5.41) is 1.32. The van der Waals surface area contributed by atoms with Crippen LogP contribution in [0, 0.1) is 0 Å². The monoisotopic (exact) mass is 604 g/mol. The normalized spacial score (nSPS) is 14.3. The Hall–Kier alpha value is -5.60. The maximum Gasteiger partial charge on any atom is 0.0537 e. The maximum atomic E-state index is 2.45. The molecule has 2 nitrogen and oxygen atoms in total. The van der Waals surface area contributed by atoms with Crippen LogP contribution in [0.5, 0.6) is 0 Å². The summed E-state index contributed by atoms with van der Waals surface area (Å²) in [6, 6.07) is 55.4. The van der Waals surface area contributed by atoms with Crippen LogP contribution in [-0.4, -0.2) is 4.57 Å². The average Bonchev–Trinajstić information content (AvgIpc) is 3.58. The van der Waals surface area contributed by atoms with Gasteiger partial charge in [-0.3, -0.25) is 0 Å². The van der Waals surface area contributed by atoms with Gasteiger partial charge in [-0.25, -0.2) is 0 Å². The zero-order valence-corrected chi connectivity index (χ0v) is 26.8. The number of benzene rings is 6. The van der Waals surface area contributed by atoms with E-state index in [1.165, 1.54) is 66.9 Å². The minimum Gasteiger partial charge on any atom is -0.313 e. The van der Waals surface area contributed by atoms with Gasteiger partial charge < -0.3 is 9.47 Å². The lowest BCUT2D eigenvalue weighted by Crippen LogP contribution is -2.16. The standard InChI is InChI=1S/C45H36N2/c1-45(2)41-19-11-9-17-37(41)38-27-26-36(30-42(38)45)46(33-13-5-3-6-14-33)35-24-21-31(22-25-35)32-23-28-44-40(29-32)39-18-10-12-20-43(39)47(44)34-15-7-4-8-16-34/h3-22,24-27,29-30H,23,28H2,1-2H3. The molecule has 6 aromatic carbocycles. The van der Waals surface area contributed by atoms with Crippen molar-refractivity contribution in [2.45, 2.75) is 32.1 Å². The smallest absolute Gasteiger partial charge is 0.0537 e. The van der Waals surface area contributed by atoms with Crippen LogP contribution in [0.1, 0.15) is 48.2 Å². The zero-order chi connectivity index (χ0) is 31.5. The molecule has 0 amide bonds. The fourth-order valence-corrected chi connectivity index (χ4v) is 8.00. The fraction of sp³-hybridized carbons (Fsp3) is 0.111. The van der Waals surface area contributed by atoms with Crippen LogP contribution in [0.2, 0.25) is 0 Å². The first-order valence-corrected chi connectivity index (χ1v) is 16.7. The van der Waals surface area contributed by atoms with Gasteiger partial charge in [0.1, 0.15) is 0 Å². The molecule has 47 heavy (non-hydrogen) atoms. The number of rotatable bonds is 5. The van der Waals surface area contributed by atoms with Crippen LogP contribution < -0.4 is 4.90 Å². The highest BCUT2D eigenvalue weighted by Gasteiger charge is 2.35. The molecule has 2 heteroatoms. The number of hydrogen-bond donors (Lipinski definition) is 0. The van der Waals surface area contributed by atoms with Crippen molar-refractivity contribution in [2.75, 3.05) is 4.90 Å². The van der Waals surface area contributed by atoms with E-state index < -0.39 is 0 Å². The van der Waals surface area contributed by atoms with Gasteiger partial charge in [-0.15, -0.1) is 0 Å². The number of hydrogen-bond acceptors (Lipinski definition) is 1. The van der Waals surface area contributed by atoms with Crippen molar-refractivity contribution >= 4 is 39.6 Å². The second-order valence-corrected chi connectivity index (χ2v) is 13.3. The average molecular weight is 605 g/mol. The fourth-order valence-electron chi connectivity index (χ4n) is 8.00. The first-order chi connectivity index (χ1) is 23.1. The van der Waals surface area contributed by atoms with E-state index in [2.05, 4.69) is 181 Å². The molecular formula is C45H36N2. The van der Waals surface area contributed by atoms with Gasteiger partial charge in [-0.2, -0.15) is 0 Å². The molecule has 2 aliphatic rings. The van der Waals surface area contributed by atoms with Crippen molar-refractivity contribution in [3.8, 4) is 16.8 Å². The van der Waals surface area contributed by atoms with E-state index in [1.54, 1.807) is 0 Å². The minimum atomic E-state index is -0.0515. The molecule has 0 atom stereocenters. The first-order valence-electron chi connectivity index (χ1n) is 16.7. The number of anilines is 3. The molecule has 0 unspecified atom stereocenters. The number of nitrogens with zero attached hydrogens (tertiary/aromatic N) is 2. The molecule has 0 saturated carbocycles. The van der Waals surface area contributed by atoms with Gasteiger partial charge in [0.2, 0.25) is 0 Å². The number of aromatic nitrogens is 1. The summed E-state index contributed by atoms with van der Waals surface area (Å²) in [7, 11) is 0. The van der Waals surface area contributed by atoms with Crippen molar-refractivity contribution < 1.29 is 0 Å². The van der Waals surface area contributed by atoms with Crippen LogP contribution in [-0.2, 0) is 11.8 Å². The summed E-state index contributed by atoms with van der Waals surface area (Å²) in [6.07, 6.45) is 4.46. The SMILES string of the molecule is CC1(C)c2ccccc2-c2ccc(N(c3ccccc3)c3ccc(C4=Cc5c(n(-c6ccccc6)c6ccccc56)CC4)cc3)cc21. The third-order valence-electron chi connectivity index (χ3n) is 10.3. The summed E-state index contributed by atoms with van der Waals surface area (Å²) < 4.78 is 2.45. The summed E-state index contributed by atoms with van der Waals surface area (Å²) in [6.45, 7) is 4.70. The Balaban J connectivity index is 1.11. The molecule has 1 aromatic heterocycles. The van der Waals surface area contributed by atoms with Crippen molar-refractivity contribution in [1.29, 1.82) is 0 Å². The van der Waals surface area contributed by atoms with E-state index in [4.69, 9.17) is 0 Å². The van der Waals surface area contributed by atoms with Crippen molar-refractivity contribution in [3.63, 3.8) is 0 Å². The van der Waals surface area contributed by atoms with Gasteiger partial charge in [0, 0.05) is 44.8 Å². The van der Waals surface area contributed by atoms with Crippen LogP contribution in [0.15, 0.2) is 152 Å².